The number of hydrogen-bond donors (Lipinski definition) is 1. The van der Waals surface area contributed by atoms with E-state index in [1.54, 1.807) is 24.7 Å². The van der Waals surface area contributed by atoms with Crippen molar-refractivity contribution in [2.24, 2.45) is 0 Å². The molecule has 0 saturated carbocycles. The fourth-order valence-electron chi connectivity index (χ4n) is 2.53. The first-order valence-electron chi connectivity index (χ1n) is 6.90. The van der Waals surface area contributed by atoms with E-state index < -0.39 is 0 Å². The van der Waals surface area contributed by atoms with E-state index in [-0.39, 0.29) is 0 Å². The maximum absolute atomic E-state index is 4.60. The number of hydrogen-bond acceptors (Lipinski definition) is 6. The van der Waals surface area contributed by atoms with Gasteiger partial charge in [-0.2, -0.15) is 0 Å². The van der Waals surface area contributed by atoms with Crippen molar-refractivity contribution in [2.45, 2.75) is 25.3 Å². The van der Waals surface area contributed by atoms with E-state index >= 15 is 0 Å². The molecular formula is C14H18N6. The van der Waals surface area contributed by atoms with Gasteiger partial charge >= 0.3 is 0 Å². The summed E-state index contributed by atoms with van der Waals surface area (Å²) in [6, 6.07) is 4.15. The van der Waals surface area contributed by atoms with Gasteiger partial charge in [0.15, 0.2) is 0 Å². The second-order valence-electron chi connectivity index (χ2n) is 4.99. The van der Waals surface area contributed by atoms with Gasteiger partial charge in [0, 0.05) is 18.6 Å². The topological polar surface area (TPSA) is 66.8 Å². The zero-order valence-electron chi connectivity index (χ0n) is 11.5. The SMILES string of the molecule is CN1CCCC[C@@H]1c1ccnc(Nc2ncccn2)n1. The highest BCUT2D eigenvalue weighted by Gasteiger charge is 2.22. The molecule has 1 aliphatic rings. The maximum Gasteiger partial charge on any atom is 0.229 e. The Morgan fingerprint density at radius 2 is 1.90 bits per heavy atom. The minimum atomic E-state index is 0.379. The molecule has 2 aromatic rings. The third-order valence-electron chi connectivity index (χ3n) is 3.58. The van der Waals surface area contributed by atoms with Crippen LogP contribution in [0.4, 0.5) is 11.9 Å². The Hall–Kier alpha value is -2.08. The molecule has 3 rings (SSSR count). The molecular weight excluding hydrogens is 252 g/mol. The van der Waals surface area contributed by atoms with Gasteiger partial charge in [0.05, 0.1) is 11.7 Å². The Morgan fingerprint density at radius 3 is 2.70 bits per heavy atom. The number of likely N-dealkylation sites (tertiary alicyclic amines) is 1. The quantitative estimate of drug-likeness (QED) is 0.922. The van der Waals surface area contributed by atoms with Gasteiger partial charge in [-0.3, -0.25) is 10.2 Å². The van der Waals surface area contributed by atoms with Gasteiger partial charge in [-0.1, -0.05) is 6.42 Å². The molecule has 2 aromatic heterocycles. The van der Waals surface area contributed by atoms with Crippen LogP contribution in [0.5, 0.6) is 0 Å². The molecule has 1 fully saturated rings. The highest BCUT2D eigenvalue weighted by atomic mass is 15.2. The fourth-order valence-corrected chi connectivity index (χ4v) is 2.53. The molecule has 1 atom stereocenters. The van der Waals surface area contributed by atoms with E-state index in [1.807, 2.05) is 6.07 Å². The molecule has 6 nitrogen and oxygen atoms in total. The monoisotopic (exact) mass is 270 g/mol. The minimum absolute atomic E-state index is 0.379. The zero-order chi connectivity index (χ0) is 13.8. The van der Waals surface area contributed by atoms with Crippen LogP contribution in [0, 0.1) is 0 Å². The van der Waals surface area contributed by atoms with Crippen LogP contribution in [0.25, 0.3) is 0 Å². The van der Waals surface area contributed by atoms with Gasteiger partial charge < -0.3 is 0 Å². The molecule has 104 valence electrons. The Bertz CT molecular complexity index is 559. The molecule has 0 unspecified atom stereocenters. The summed E-state index contributed by atoms with van der Waals surface area (Å²) in [4.78, 5) is 19.4. The van der Waals surface area contributed by atoms with Crippen LogP contribution in [-0.4, -0.2) is 38.4 Å². The molecule has 0 aromatic carbocycles. The van der Waals surface area contributed by atoms with Crippen LogP contribution < -0.4 is 5.32 Å². The Balaban J connectivity index is 1.79. The molecule has 0 radical (unpaired) electrons. The van der Waals surface area contributed by atoms with E-state index in [4.69, 9.17) is 0 Å². The van der Waals surface area contributed by atoms with Crippen LogP contribution in [0.3, 0.4) is 0 Å². The van der Waals surface area contributed by atoms with E-state index in [0.29, 0.717) is 17.9 Å². The summed E-state index contributed by atoms with van der Waals surface area (Å²) in [6.07, 6.45) is 8.83. The summed E-state index contributed by atoms with van der Waals surface area (Å²) in [5.74, 6) is 1.06. The average Bonchev–Trinajstić information content (AvgIpc) is 2.49. The third-order valence-corrected chi connectivity index (χ3v) is 3.58. The van der Waals surface area contributed by atoms with E-state index in [1.165, 1.54) is 12.8 Å². The first kappa shape index (κ1) is 12.9. The molecule has 6 heteroatoms. The second kappa shape index (κ2) is 5.92. The lowest BCUT2D eigenvalue weighted by atomic mass is 10.00. The van der Waals surface area contributed by atoms with Crippen molar-refractivity contribution >= 4 is 11.9 Å². The smallest absolute Gasteiger partial charge is 0.229 e. The van der Waals surface area contributed by atoms with E-state index in [2.05, 4.69) is 37.2 Å². The van der Waals surface area contributed by atoms with Gasteiger partial charge in [-0.05, 0) is 38.6 Å². The maximum atomic E-state index is 4.60. The van der Waals surface area contributed by atoms with Crippen molar-refractivity contribution in [3.05, 3.63) is 36.4 Å². The molecule has 20 heavy (non-hydrogen) atoms. The Morgan fingerprint density at radius 1 is 1.10 bits per heavy atom. The van der Waals surface area contributed by atoms with Gasteiger partial charge in [-0.15, -0.1) is 0 Å². The van der Waals surface area contributed by atoms with Crippen molar-refractivity contribution in [2.75, 3.05) is 18.9 Å². The van der Waals surface area contributed by atoms with Crippen LogP contribution >= 0.6 is 0 Å². The molecule has 1 aliphatic heterocycles. The first-order chi connectivity index (χ1) is 9.83. The molecule has 1 saturated heterocycles. The van der Waals surface area contributed by atoms with Crippen LogP contribution in [0.1, 0.15) is 31.0 Å². The second-order valence-corrected chi connectivity index (χ2v) is 4.99. The first-order valence-corrected chi connectivity index (χ1v) is 6.90. The summed E-state index contributed by atoms with van der Waals surface area (Å²) in [5.41, 5.74) is 1.06. The third kappa shape index (κ3) is 2.91. The van der Waals surface area contributed by atoms with E-state index in [0.717, 1.165) is 18.7 Å². The van der Waals surface area contributed by atoms with E-state index in [9.17, 15) is 0 Å². The number of anilines is 2. The largest absolute Gasteiger partial charge is 0.298 e. The molecule has 0 amide bonds. The molecule has 0 aliphatic carbocycles. The summed E-state index contributed by atoms with van der Waals surface area (Å²) >= 11 is 0. The number of nitrogens with zero attached hydrogens (tertiary/aromatic N) is 5. The summed E-state index contributed by atoms with van der Waals surface area (Å²) < 4.78 is 0. The van der Waals surface area contributed by atoms with Crippen LogP contribution in [-0.2, 0) is 0 Å². The predicted molar refractivity (Wildman–Crippen MR) is 76.6 cm³/mol. The van der Waals surface area contributed by atoms with Crippen molar-refractivity contribution in [1.82, 2.24) is 24.8 Å². The molecule has 3 heterocycles. The summed E-state index contributed by atoms with van der Waals surface area (Å²) in [6.45, 7) is 1.12. The minimum Gasteiger partial charge on any atom is -0.298 e. The van der Waals surface area contributed by atoms with Gasteiger partial charge in [0.25, 0.3) is 0 Å². The fraction of sp³-hybridized carbons (Fsp3) is 0.429. The summed E-state index contributed by atoms with van der Waals surface area (Å²) in [5, 5.41) is 3.04. The van der Waals surface area contributed by atoms with Crippen LogP contribution in [0.15, 0.2) is 30.7 Å². The van der Waals surface area contributed by atoms with Gasteiger partial charge in [0.1, 0.15) is 0 Å². The predicted octanol–water partition coefficient (Wildman–Crippen LogP) is 2.17. The number of nitrogens with one attached hydrogen (secondary N) is 1. The lowest BCUT2D eigenvalue weighted by molar-refractivity contribution is 0.183. The number of rotatable bonds is 3. The molecule has 1 N–H and O–H groups in total. The lowest BCUT2D eigenvalue weighted by Crippen LogP contribution is -2.30. The van der Waals surface area contributed by atoms with Crippen molar-refractivity contribution in [1.29, 1.82) is 0 Å². The highest BCUT2D eigenvalue weighted by Crippen LogP contribution is 2.28. The van der Waals surface area contributed by atoms with Crippen molar-refractivity contribution < 1.29 is 0 Å². The summed E-state index contributed by atoms with van der Waals surface area (Å²) in [7, 11) is 2.15. The normalized spacial score (nSPS) is 19.8. The average molecular weight is 270 g/mol. The van der Waals surface area contributed by atoms with Gasteiger partial charge in [0.2, 0.25) is 11.9 Å². The standard InChI is InChI=1S/C14H18N6/c1-20-10-3-2-5-12(20)11-6-9-17-14(18-11)19-13-15-7-4-8-16-13/h4,6-9,12H,2-3,5,10H2,1H3,(H,15,16,17,18,19)/t12-/m1/s1. The number of piperidine rings is 1. The molecule has 0 bridgehead atoms. The number of aromatic nitrogens is 4. The van der Waals surface area contributed by atoms with Crippen molar-refractivity contribution in [3.8, 4) is 0 Å². The zero-order valence-corrected chi connectivity index (χ0v) is 11.5. The highest BCUT2D eigenvalue weighted by molar-refractivity contribution is 5.41. The van der Waals surface area contributed by atoms with Gasteiger partial charge in [-0.25, -0.2) is 19.9 Å². The molecule has 0 spiro atoms. The Kier molecular flexibility index (Phi) is 3.83. The lowest BCUT2D eigenvalue weighted by Gasteiger charge is -2.31. The Labute approximate surface area is 118 Å². The van der Waals surface area contributed by atoms with Crippen LogP contribution in [0.2, 0.25) is 0 Å². The van der Waals surface area contributed by atoms with Crippen molar-refractivity contribution in [3.63, 3.8) is 0 Å².